The molecule has 0 bridgehead atoms. The molecule has 0 radical (unpaired) electrons. The Hall–Kier alpha value is -15.7. The van der Waals surface area contributed by atoms with Gasteiger partial charge in [-0.15, -0.1) is 0 Å². The molecule has 150 heavy (non-hydrogen) atoms. The Labute approximate surface area is 868 Å². The molecule has 10 aromatic rings. The first-order chi connectivity index (χ1) is 71.8. The summed E-state index contributed by atoms with van der Waals surface area (Å²) < 4.78 is 41.4. The van der Waals surface area contributed by atoms with Crippen LogP contribution in [0.3, 0.4) is 0 Å². The number of aryl methyl sites for hydroxylation is 5. The van der Waals surface area contributed by atoms with E-state index in [0.717, 1.165) is 94.2 Å². The molecule has 40 heteroatoms. The summed E-state index contributed by atoms with van der Waals surface area (Å²) in [5.74, 6) is -3.26. The van der Waals surface area contributed by atoms with Crippen molar-refractivity contribution >= 4 is 80.9 Å². The molecule has 0 atom stereocenters. The molecule has 0 saturated carbocycles. The van der Waals surface area contributed by atoms with Crippen LogP contribution in [-0.4, -0.2) is 279 Å². The summed E-state index contributed by atoms with van der Waals surface area (Å²) in [6.07, 6.45) is 5.02. The minimum absolute atomic E-state index is 0.0195. The average molecular weight is 2070 g/mol. The second-order valence-electron chi connectivity index (χ2n) is 38.9. The third-order valence-corrected chi connectivity index (χ3v) is 28.9. The monoisotopic (exact) mass is 2070 g/mol. The Bertz CT molecular complexity index is 7200. The van der Waals surface area contributed by atoms with Crippen LogP contribution in [0.25, 0.3) is 0 Å². The van der Waals surface area contributed by atoms with Crippen molar-refractivity contribution < 1.29 is 75.4 Å². The molecular weight excluding hydrogens is 1940 g/mol. The van der Waals surface area contributed by atoms with E-state index >= 15 is 0 Å². The number of likely N-dealkylation sites (tertiary alicyclic amines) is 2. The van der Waals surface area contributed by atoms with Crippen molar-refractivity contribution in [2.45, 2.75) is 139 Å². The Morgan fingerprint density at radius 2 is 0.567 bits per heavy atom. The van der Waals surface area contributed by atoms with Crippen molar-refractivity contribution in [3.8, 4) is 0 Å². The van der Waals surface area contributed by atoms with Gasteiger partial charge >= 0.3 is 0 Å². The third kappa shape index (κ3) is 27.4. The van der Waals surface area contributed by atoms with Crippen molar-refractivity contribution in [2.75, 3.05) is 138 Å². The zero-order valence-corrected chi connectivity index (χ0v) is 86.8. The molecule has 39 nitrogen and oxygen atoms in total. The number of hydrogen-bond acceptors (Lipinski definition) is 21. The number of carbonyl (C=O) groups excluding carboxylic acids is 12. The normalized spacial score (nSPS) is 15.4. The molecule has 5 aromatic carbocycles. The van der Waals surface area contributed by atoms with Gasteiger partial charge in [0.25, 0.3) is 86.9 Å². The van der Waals surface area contributed by atoms with Crippen LogP contribution in [0.5, 0.6) is 0 Å². The van der Waals surface area contributed by atoms with Crippen molar-refractivity contribution in [3.63, 3.8) is 0 Å². The smallest absolute Gasteiger partial charge is 0.270 e. The molecule has 0 spiro atoms. The van der Waals surface area contributed by atoms with Gasteiger partial charge in [0.05, 0.1) is 26.1 Å². The summed E-state index contributed by atoms with van der Waals surface area (Å²) in [7, 11) is -0.310. The van der Waals surface area contributed by atoms with Gasteiger partial charge in [-0.05, 0) is 142 Å². The number of nitrogens with one attached hydrogen (secondary N) is 5. The van der Waals surface area contributed by atoms with Crippen LogP contribution in [0.1, 0.15) is 199 Å². The lowest BCUT2D eigenvalue weighted by Crippen LogP contribution is -2.54. The van der Waals surface area contributed by atoms with Gasteiger partial charge in [0.15, 0.2) is 0 Å². The number of fused-ring (bicyclic) bond motifs is 5. The molecule has 790 valence electrons. The van der Waals surface area contributed by atoms with E-state index in [2.05, 4.69) is 33.5 Å². The van der Waals surface area contributed by atoms with Gasteiger partial charge in [0.2, 0.25) is 21.8 Å². The van der Waals surface area contributed by atoms with E-state index < -0.39 is 67.4 Å². The lowest BCUT2D eigenvalue weighted by Gasteiger charge is -2.43. The molecule has 0 unspecified atom stereocenters. The van der Waals surface area contributed by atoms with Gasteiger partial charge in [-0.3, -0.25) is 81.5 Å². The van der Waals surface area contributed by atoms with E-state index in [1.807, 2.05) is 156 Å². The summed E-state index contributed by atoms with van der Waals surface area (Å²) in [6.45, 7) is 23.7. The van der Waals surface area contributed by atoms with E-state index in [-0.39, 0.29) is 118 Å². The quantitative estimate of drug-likeness (QED) is 0.0348. The van der Waals surface area contributed by atoms with Gasteiger partial charge in [0.1, 0.15) is 56.3 Å². The van der Waals surface area contributed by atoms with E-state index in [4.69, 9.17) is 9.47 Å². The molecule has 5 N–H and O–H groups in total. The van der Waals surface area contributed by atoms with Crippen molar-refractivity contribution in [2.24, 2.45) is 5.41 Å². The first-order valence-corrected chi connectivity index (χ1v) is 52.1. The van der Waals surface area contributed by atoms with Crippen LogP contribution in [0, 0.1) is 40.0 Å². The van der Waals surface area contributed by atoms with Gasteiger partial charge in [-0.1, -0.05) is 156 Å². The maximum atomic E-state index is 12.9. The van der Waals surface area contributed by atoms with Crippen LogP contribution >= 0.6 is 0 Å². The topological polar surface area (TPSA) is 454 Å². The highest BCUT2D eigenvalue weighted by Crippen LogP contribution is 2.30. The number of sulfonamides is 1. The molecule has 3 fully saturated rings. The zero-order valence-electron chi connectivity index (χ0n) is 86.0. The van der Waals surface area contributed by atoms with E-state index in [1.54, 1.807) is 54.7 Å². The maximum absolute atomic E-state index is 12.9. The third-order valence-electron chi connectivity index (χ3n) is 27.6. The van der Waals surface area contributed by atoms with Crippen molar-refractivity contribution in [1.29, 1.82) is 0 Å². The highest BCUT2D eigenvalue weighted by molar-refractivity contribution is 7.88. The number of carbonyl (C=O) groups is 12. The number of likely N-dealkylation sites (N-methyl/N-ethyl adjacent to an activating group) is 1. The number of benzene rings is 5. The predicted octanol–water partition coefficient (Wildman–Crippen LogP) is 5.92. The number of nitrogens with zero attached hydrogens (tertiary/aromatic N) is 13. The number of rotatable bonds is 30. The second kappa shape index (κ2) is 49.9. The largest absolute Gasteiger partial charge is 0.383 e. The van der Waals surface area contributed by atoms with Crippen LogP contribution in [0.15, 0.2) is 206 Å². The van der Waals surface area contributed by atoms with Gasteiger partial charge < -0.3 is 93.2 Å². The molecule has 8 aliphatic rings. The number of methoxy groups -OCH3 is 1. The van der Waals surface area contributed by atoms with Crippen molar-refractivity contribution in [3.05, 3.63) is 346 Å². The SMILES string of the molecule is COCCN1CCn2c(ccc(C(=O)NCc3ccc(C)cc3)c2=O)C1=O.Cc1ccc(CNC(=O)c2ccc3n(c2=O)CCN(CC2(C)COC2)C3=O)cc1.Cc1ccc(CNC(=O)c2ccc3n(c2=O)CCN(CCN(C)S(C)(=O)=O)C3=O)cc1.Cc1ccc(CNC(=O)c2ccc3n(c2=O)CCN(CCN2CCCC2=O)C3=O)cc1.Cc1ccc(CNC(=O)c2ccc3n(c2=O)CCN(CCN2CCCCC2=O)C3=O)cc1. The minimum atomic E-state index is -3.34. The highest BCUT2D eigenvalue weighted by atomic mass is 32.2. The molecule has 0 aliphatic carbocycles. The molecule has 3 saturated heterocycles. The molecular formula is C110H128N18O21S. The predicted molar refractivity (Wildman–Crippen MR) is 559 cm³/mol. The lowest BCUT2D eigenvalue weighted by molar-refractivity contribution is -0.133. The highest BCUT2D eigenvalue weighted by Gasteiger charge is 2.40. The van der Waals surface area contributed by atoms with E-state index in [0.29, 0.717) is 168 Å². The number of piperidine rings is 1. The van der Waals surface area contributed by atoms with Crippen LogP contribution in [0.2, 0.25) is 0 Å². The molecule has 8 aliphatic heterocycles. The summed E-state index contributed by atoms with van der Waals surface area (Å²) >= 11 is 0. The van der Waals surface area contributed by atoms with Crippen molar-refractivity contribution in [1.82, 2.24) is 88.0 Å². The van der Waals surface area contributed by atoms with Gasteiger partial charge in [-0.2, -0.15) is 0 Å². The fourth-order valence-corrected chi connectivity index (χ4v) is 18.7. The standard InChI is InChI=1S/C24H28N4O4.C23H26N4O4.C22H25N3O4.C21H26N4O5S.C20H23N3O4/c1-17-5-7-18(8-6-17)16-25-22(30)19-9-10-20-24(32)27(14-15-28(20)23(19)31)13-12-26-11-3-2-4-21(26)29;1-16-4-6-17(7-5-16)15-24-21(29)18-8-9-19-23(31)26(13-14-27(19)22(18)30)12-11-25-10-2-3-20(25)28;1-15-3-5-16(6-4-15)11-23-19(26)17-7-8-18-21(28)24(9-10-25(18)20(17)27)12-22(2)13-29-14-22;1-15-4-6-16(7-5-15)14-22-19(26)17-8-9-18-21(28)24(12-13-25(18)20(17)27)11-10-23(2)31(3,29)30;1-14-3-5-15(6-4-14)13-21-18(24)16-7-8-17-20(26)22(11-12-27-2)9-10-23(17)19(16)25/h5-10H,2-4,11-16H2,1H3,(H,25,30);4-9H,2-3,10-15H2,1H3,(H,24,29);3-8H,9-14H2,1-2H3,(H,23,26);4-9H,10-14H2,1-3H3,(H,22,26);3-8H,9-13H2,1-2H3,(H,21,24). The first kappa shape index (κ1) is 110. The summed E-state index contributed by atoms with van der Waals surface area (Å²) in [5.41, 5.74) is 9.60. The number of amides is 12. The maximum Gasteiger partial charge on any atom is 0.270 e. The van der Waals surface area contributed by atoms with E-state index in [1.165, 1.54) is 81.6 Å². The van der Waals surface area contributed by atoms with Crippen LogP contribution in [0.4, 0.5) is 0 Å². The fourth-order valence-electron chi connectivity index (χ4n) is 18.3. The van der Waals surface area contributed by atoms with Gasteiger partial charge in [0, 0.05) is 196 Å². The number of ether oxygens (including phenoxy) is 2. The number of hydrogen-bond donors (Lipinski definition) is 5. The zero-order chi connectivity index (χ0) is 107. The van der Waals surface area contributed by atoms with E-state index in [9.17, 15) is 89.9 Å². The molecule has 18 rings (SSSR count). The van der Waals surface area contributed by atoms with Gasteiger partial charge in [-0.25, -0.2) is 12.7 Å². The Kier molecular flexibility index (Phi) is 36.6. The summed E-state index contributed by atoms with van der Waals surface area (Å²) in [4.78, 5) is 226. The fraction of sp³-hybridized carbons (Fsp3) is 0.391. The number of pyridine rings is 5. The van der Waals surface area contributed by atoms with Crippen LogP contribution < -0.4 is 54.4 Å². The van der Waals surface area contributed by atoms with Crippen LogP contribution in [-0.2, 0) is 94.5 Å². The molecule has 13 heterocycles. The average Bonchev–Trinajstić information content (AvgIpc) is 0.901. The molecule has 12 amide bonds. The summed E-state index contributed by atoms with van der Waals surface area (Å²) in [6, 6.07) is 53.7. The summed E-state index contributed by atoms with van der Waals surface area (Å²) in [5, 5.41) is 13.8. The Morgan fingerprint density at radius 3 is 0.820 bits per heavy atom. The Balaban J connectivity index is 0.000000148. The second-order valence-corrected chi connectivity index (χ2v) is 41.0. The Morgan fingerprint density at radius 1 is 0.320 bits per heavy atom. The lowest BCUT2D eigenvalue weighted by atomic mass is 9.87. The minimum Gasteiger partial charge on any atom is -0.383 e. The molecule has 5 aromatic heterocycles. The number of aromatic nitrogens is 5. The first-order valence-electron chi connectivity index (χ1n) is 50.2.